The van der Waals surface area contributed by atoms with E-state index in [-0.39, 0.29) is 24.4 Å². The first kappa shape index (κ1) is 26.0. The van der Waals surface area contributed by atoms with E-state index in [2.05, 4.69) is 25.4 Å². The van der Waals surface area contributed by atoms with E-state index in [1.165, 1.54) is 24.3 Å². The molecule has 0 radical (unpaired) electrons. The molecular formula is C27H28ClFN6O3. The van der Waals surface area contributed by atoms with Crippen LogP contribution in [0.1, 0.15) is 28.0 Å². The van der Waals surface area contributed by atoms with Crippen LogP contribution in [0.4, 0.5) is 16.2 Å². The summed E-state index contributed by atoms with van der Waals surface area (Å²) in [6, 6.07) is 14.9. The standard InChI is InChI=1S/C27H28ClFN6O3/c28-21-3-1-2-19(14-21)16-30-33-27-31-23(15-25(32-27)34-10-12-37-13-11-34)18-38-24-8-9-35(17-24)26(36)20-4-6-22(29)7-5-20/h1-7,14-16,24H,8-13,17-18H2,(H,31,32,33). The number of hydrogen-bond acceptors (Lipinski definition) is 8. The third-order valence-electron chi connectivity index (χ3n) is 6.32. The zero-order chi connectivity index (χ0) is 26.3. The van der Waals surface area contributed by atoms with E-state index in [1.54, 1.807) is 17.2 Å². The van der Waals surface area contributed by atoms with Crippen LogP contribution in [0.15, 0.2) is 59.7 Å². The SMILES string of the molecule is O=C(c1ccc(F)cc1)N1CCC(OCc2cc(N3CCOCC3)nc(NN=Cc3cccc(Cl)c3)n2)C1. The van der Waals surface area contributed by atoms with E-state index in [0.717, 1.165) is 24.5 Å². The summed E-state index contributed by atoms with van der Waals surface area (Å²) in [5.74, 6) is 0.624. The Kier molecular flexibility index (Phi) is 8.42. The van der Waals surface area contributed by atoms with E-state index in [9.17, 15) is 9.18 Å². The molecular weight excluding hydrogens is 511 g/mol. The van der Waals surface area contributed by atoms with E-state index < -0.39 is 0 Å². The van der Waals surface area contributed by atoms with Crippen LogP contribution in [0, 0.1) is 5.82 Å². The number of carbonyl (C=O) groups excluding carboxylic acids is 1. The van der Waals surface area contributed by atoms with Crippen molar-refractivity contribution in [3.8, 4) is 0 Å². The van der Waals surface area contributed by atoms with Crippen LogP contribution in [-0.2, 0) is 16.1 Å². The van der Waals surface area contributed by atoms with Crippen LogP contribution in [0.2, 0.25) is 5.02 Å². The van der Waals surface area contributed by atoms with Crippen molar-refractivity contribution >= 4 is 35.5 Å². The van der Waals surface area contributed by atoms with E-state index in [4.69, 9.17) is 21.1 Å². The summed E-state index contributed by atoms with van der Waals surface area (Å²) < 4.78 is 24.8. The average molecular weight is 539 g/mol. The Balaban J connectivity index is 1.24. The molecule has 198 valence electrons. The molecule has 0 bridgehead atoms. The number of ether oxygens (including phenoxy) is 2. The maximum atomic E-state index is 13.2. The monoisotopic (exact) mass is 538 g/mol. The molecule has 11 heteroatoms. The summed E-state index contributed by atoms with van der Waals surface area (Å²) in [7, 11) is 0. The first-order valence-corrected chi connectivity index (χ1v) is 12.8. The largest absolute Gasteiger partial charge is 0.378 e. The van der Waals surface area contributed by atoms with Gasteiger partial charge < -0.3 is 19.3 Å². The van der Waals surface area contributed by atoms with Crippen molar-refractivity contribution in [3.05, 3.63) is 82.3 Å². The average Bonchev–Trinajstić information content (AvgIpc) is 3.42. The normalized spacial score (nSPS) is 17.8. The van der Waals surface area contributed by atoms with Crippen molar-refractivity contribution < 1.29 is 18.7 Å². The number of carbonyl (C=O) groups is 1. The Labute approximate surface area is 225 Å². The molecule has 38 heavy (non-hydrogen) atoms. The predicted molar refractivity (Wildman–Crippen MR) is 143 cm³/mol. The number of rotatable bonds is 8. The van der Waals surface area contributed by atoms with Gasteiger partial charge in [-0.1, -0.05) is 23.7 Å². The van der Waals surface area contributed by atoms with Crippen molar-refractivity contribution in [1.82, 2.24) is 14.9 Å². The molecule has 1 atom stereocenters. The highest BCUT2D eigenvalue weighted by Crippen LogP contribution is 2.21. The Morgan fingerprint density at radius 1 is 1.16 bits per heavy atom. The van der Waals surface area contributed by atoms with Crippen molar-refractivity contribution in [2.45, 2.75) is 19.1 Å². The molecule has 3 heterocycles. The van der Waals surface area contributed by atoms with Gasteiger partial charge in [-0.2, -0.15) is 10.1 Å². The lowest BCUT2D eigenvalue weighted by molar-refractivity contribution is 0.0422. The van der Waals surface area contributed by atoms with E-state index in [1.807, 2.05) is 24.3 Å². The maximum absolute atomic E-state index is 13.2. The van der Waals surface area contributed by atoms with Gasteiger partial charge in [0.2, 0.25) is 5.95 Å². The predicted octanol–water partition coefficient (Wildman–Crippen LogP) is 3.98. The molecule has 0 saturated carbocycles. The van der Waals surface area contributed by atoms with Crippen molar-refractivity contribution in [3.63, 3.8) is 0 Å². The number of amides is 1. The second-order valence-electron chi connectivity index (χ2n) is 9.05. The lowest BCUT2D eigenvalue weighted by Crippen LogP contribution is -2.37. The third kappa shape index (κ3) is 6.83. The zero-order valence-electron chi connectivity index (χ0n) is 20.7. The molecule has 2 fully saturated rings. The first-order chi connectivity index (χ1) is 18.5. The van der Waals surface area contributed by atoms with Crippen LogP contribution < -0.4 is 10.3 Å². The Hall–Kier alpha value is -3.60. The van der Waals surface area contributed by atoms with Crippen molar-refractivity contribution in [1.29, 1.82) is 0 Å². The highest BCUT2D eigenvalue weighted by atomic mass is 35.5. The quantitative estimate of drug-likeness (QED) is 0.342. The molecule has 0 aliphatic carbocycles. The third-order valence-corrected chi connectivity index (χ3v) is 6.55. The zero-order valence-corrected chi connectivity index (χ0v) is 21.5. The fourth-order valence-corrected chi connectivity index (χ4v) is 4.54. The van der Waals surface area contributed by atoms with Gasteiger partial charge in [-0.05, 0) is 48.4 Å². The minimum absolute atomic E-state index is 0.126. The topological polar surface area (TPSA) is 92.2 Å². The molecule has 3 aromatic rings. The summed E-state index contributed by atoms with van der Waals surface area (Å²) in [5, 5.41) is 4.90. The molecule has 2 saturated heterocycles. The van der Waals surface area contributed by atoms with Gasteiger partial charge in [-0.3, -0.25) is 4.79 Å². The van der Waals surface area contributed by atoms with E-state index >= 15 is 0 Å². The van der Waals surface area contributed by atoms with Gasteiger partial charge in [0.15, 0.2) is 0 Å². The van der Waals surface area contributed by atoms with Gasteiger partial charge in [0.05, 0.1) is 37.8 Å². The minimum Gasteiger partial charge on any atom is -0.378 e. The lowest BCUT2D eigenvalue weighted by Gasteiger charge is -2.28. The smallest absolute Gasteiger partial charge is 0.253 e. The summed E-state index contributed by atoms with van der Waals surface area (Å²) in [6.07, 6.45) is 2.24. The number of likely N-dealkylation sites (tertiary alicyclic amines) is 1. The second-order valence-corrected chi connectivity index (χ2v) is 9.48. The highest BCUT2D eigenvalue weighted by molar-refractivity contribution is 6.30. The minimum atomic E-state index is -0.366. The molecule has 1 aromatic heterocycles. The number of halogens is 2. The number of hydrogen-bond donors (Lipinski definition) is 1. The Morgan fingerprint density at radius 3 is 2.76 bits per heavy atom. The molecule has 1 amide bonds. The fraction of sp³-hybridized carbons (Fsp3) is 0.333. The summed E-state index contributed by atoms with van der Waals surface area (Å²) in [4.78, 5) is 25.8. The number of nitrogens with one attached hydrogen (secondary N) is 1. The van der Waals surface area contributed by atoms with Gasteiger partial charge in [-0.25, -0.2) is 14.8 Å². The Bertz CT molecular complexity index is 1290. The van der Waals surface area contributed by atoms with Gasteiger partial charge in [0.25, 0.3) is 5.91 Å². The summed E-state index contributed by atoms with van der Waals surface area (Å²) in [5.41, 5.74) is 4.93. The van der Waals surface area contributed by atoms with Crippen molar-refractivity contribution in [2.24, 2.45) is 5.10 Å². The number of morpholine rings is 1. The summed E-state index contributed by atoms with van der Waals surface area (Å²) >= 11 is 6.05. The van der Waals surface area contributed by atoms with Crippen LogP contribution in [0.5, 0.6) is 0 Å². The fourth-order valence-electron chi connectivity index (χ4n) is 4.34. The second kappa shape index (κ2) is 12.3. The Morgan fingerprint density at radius 2 is 1.97 bits per heavy atom. The number of benzene rings is 2. The number of hydrazone groups is 1. The molecule has 1 unspecified atom stereocenters. The van der Waals surface area contributed by atoms with Gasteiger partial charge >= 0.3 is 0 Å². The molecule has 0 spiro atoms. The van der Waals surface area contributed by atoms with Crippen LogP contribution in [-0.4, -0.2) is 72.5 Å². The van der Waals surface area contributed by atoms with Crippen LogP contribution in [0.25, 0.3) is 0 Å². The molecule has 5 rings (SSSR count). The first-order valence-electron chi connectivity index (χ1n) is 12.5. The van der Waals surface area contributed by atoms with Crippen LogP contribution >= 0.6 is 11.6 Å². The van der Waals surface area contributed by atoms with Crippen molar-refractivity contribution in [2.75, 3.05) is 49.7 Å². The molecule has 2 aromatic carbocycles. The molecule has 2 aliphatic heterocycles. The molecule has 1 N–H and O–H groups in total. The van der Waals surface area contributed by atoms with Gasteiger partial charge in [0.1, 0.15) is 11.6 Å². The highest BCUT2D eigenvalue weighted by Gasteiger charge is 2.28. The number of anilines is 2. The maximum Gasteiger partial charge on any atom is 0.253 e. The summed E-state index contributed by atoms with van der Waals surface area (Å²) in [6.45, 7) is 4.02. The molecule has 9 nitrogen and oxygen atoms in total. The number of nitrogens with zero attached hydrogens (tertiary/aromatic N) is 5. The van der Waals surface area contributed by atoms with Crippen LogP contribution in [0.3, 0.4) is 0 Å². The van der Waals surface area contributed by atoms with Gasteiger partial charge in [-0.15, -0.1) is 0 Å². The molecule has 2 aliphatic rings. The van der Waals surface area contributed by atoms with E-state index in [0.29, 0.717) is 55.0 Å². The van der Waals surface area contributed by atoms with Gasteiger partial charge in [0, 0.05) is 42.8 Å². The lowest BCUT2D eigenvalue weighted by atomic mass is 10.2. The number of aromatic nitrogens is 2.